The molecule has 0 aliphatic carbocycles. The van der Waals surface area contributed by atoms with Gasteiger partial charge in [0.05, 0.1) is 13.5 Å². The number of amides is 2. The highest BCUT2D eigenvalue weighted by Gasteiger charge is 2.29. The number of carbonyl (C=O) groups is 2. The van der Waals surface area contributed by atoms with E-state index in [1.54, 1.807) is 19.1 Å². The molecule has 0 aliphatic rings. The Labute approximate surface area is 197 Å². The number of hydrogen-bond donors (Lipinski definition) is 1. The number of methoxy groups -OCH3 is 1. The maximum atomic E-state index is 13.5. The van der Waals surface area contributed by atoms with Crippen molar-refractivity contribution in [2.75, 3.05) is 14.2 Å². The van der Waals surface area contributed by atoms with Crippen LogP contribution in [0.1, 0.15) is 16.7 Å². The highest BCUT2D eigenvalue weighted by atomic mass is 79.9. The minimum Gasteiger partial charge on any atom is -0.497 e. The van der Waals surface area contributed by atoms with Crippen molar-refractivity contribution in [3.8, 4) is 5.75 Å². The summed E-state index contributed by atoms with van der Waals surface area (Å²) in [7, 11) is 3.21. The average Bonchev–Trinajstić information content (AvgIpc) is 2.83. The number of ether oxygens (including phenoxy) is 1. The quantitative estimate of drug-likeness (QED) is 0.479. The number of nitrogens with zero attached hydrogens (tertiary/aromatic N) is 1. The zero-order valence-electron chi connectivity index (χ0n) is 18.3. The van der Waals surface area contributed by atoms with Gasteiger partial charge in [-0.25, -0.2) is 0 Å². The first-order valence-electron chi connectivity index (χ1n) is 10.4. The summed E-state index contributed by atoms with van der Waals surface area (Å²) in [5, 5.41) is 2.74. The van der Waals surface area contributed by atoms with Gasteiger partial charge in [-0.15, -0.1) is 0 Å². The minimum absolute atomic E-state index is 0.109. The molecule has 0 aromatic heterocycles. The van der Waals surface area contributed by atoms with Gasteiger partial charge in [-0.3, -0.25) is 9.59 Å². The molecule has 3 aromatic carbocycles. The molecule has 5 nitrogen and oxygen atoms in total. The Bertz CT molecular complexity index is 1020. The summed E-state index contributed by atoms with van der Waals surface area (Å²) in [6.07, 6.45) is 0.633. The Morgan fingerprint density at radius 3 is 2.12 bits per heavy atom. The Balaban J connectivity index is 1.91. The average molecular weight is 495 g/mol. The molecule has 0 fully saturated rings. The number of halogens is 1. The van der Waals surface area contributed by atoms with Crippen LogP contribution in [0, 0.1) is 0 Å². The molecule has 3 aromatic rings. The van der Waals surface area contributed by atoms with E-state index >= 15 is 0 Å². The molecule has 1 unspecified atom stereocenters. The van der Waals surface area contributed by atoms with Gasteiger partial charge in [0.25, 0.3) is 0 Å². The van der Waals surface area contributed by atoms with Crippen LogP contribution >= 0.6 is 15.9 Å². The molecule has 2 amide bonds. The molecule has 1 N–H and O–H groups in total. The van der Waals surface area contributed by atoms with Crippen LogP contribution in [-0.2, 0) is 29.0 Å². The zero-order valence-corrected chi connectivity index (χ0v) is 19.8. The lowest BCUT2D eigenvalue weighted by molar-refractivity contribution is -0.140. The summed E-state index contributed by atoms with van der Waals surface area (Å²) in [4.78, 5) is 28.1. The van der Waals surface area contributed by atoms with Crippen LogP contribution in [0.2, 0.25) is 0 Å². The van der Waals surface area contributed by atoms with Gasteiger partial charge in [-0.05, 0) is 41.0 Å². The third-order valence-electron chi connectivity index (χ3n) is 5.30. The SMILES string of the molecule is CNC(=O)C(Cc1ccccc1)N(Cc1ccc(Br)cc1)C(=O)Cc1ccc(OC)cc1. The highest BCUT2D eigenvalue weighted by Crippen LogP contribution is 2.19. The van der Waals surface area contributed by atoms with Crippen molar-refractivity contribution < 1.29 is 14.3 Å². The van der Waals surface area contributed by atoms with Crippen LogP contribution in [-0.4, -0.2) is 36.9 Å². The maximum absolute atomic E-state index is 13.5. The Kier molecular flexibility index (Phi) is 8.45. The second-order valence-electron chi connectivity index (χ2n) is 7.49. The summed E-state index contributed by atoms with van der Waals surface area (Å²) in [6, 6.07) is 24.4. The van der Waals surface area contributed by atoms with Gasteiger partial charge in [-0.2, -0.15) is 0 Å². The number of likely N-dealkylation sites (N-methyl/N-ethyl adjacent to an activating group) is 1. The van der Waals surface area contributed by atoms with Gasteiger partial charge < -0.3 is 15.0 Å². The van der Waals surface area contributed by atoms with Crippen molar-refractivity contribution in [3.05, 3.63) is 100 Å². The second kappa shape index (κ2) is 11.5. The maximum Gasteiger partial charge on any atom is 0.242 e. The summed E-state index contributed by atoms with van der Waals surface area (Å²) in [5.74, 6) is 0.442. The molecule has 166 valence electrons. The van der Waals surface area contributed by atoms with Crippen molar-refractivity contribution in [2.24, 2.45) is 0 Å². The fourth-order valence-electron chi connectivity index (χ4n) is 3.53. The molecule has 6 heteroatoms. The standard InChI is InChI=1S/C26H27BrN2O3/c1-28-26(31)24(16-19-6-4-3-5-7-19)29(18-21-8-12-22(27)13-9-21)25(30)17-20-10-14-23(32-2)15-11-20/h3-15,24H,16-18H2,1-2H3,(H,28,31). The van der Waals surface area contributed by atoms with E-state index < -0.39 is 6.04 Å². The van der Waals surface area contributed by atoms with Gasteiger partial charge in [0, 0.05) is 24.5 Å². The van der Waals surface area contributed by atoms with Gasteiger partial charge in [0.2, 0.25) is 11.8 Å². The van der Waals surface area contributed by atoms with Gasteiger partial charge in [-0.1, -0.05) is 70.5 Å². The van der Waals surface area contributed by atoms with Gasteiger partial charge in [0.15, 0.2) is 0 Å². The van der Waals surface area contributed by atoms with Crippen molar-refractivity contribution >= 4 is 27.7 Å². The molecule has 0 heterocycles. The van der Waals surface area contributed by atoms with E-state index in [9.17, 15) is 9.59 Å². The fraction of sp³-hybridized carbons (Fsp3) is 0.231. The van der Waals surface area contributed by atoms with E-state index in [2.05, 4.69) is 21.2 Å². The number of carbonyl (C=O) groups excluding carboxylic acids is 2. The largest absolute Gasteiger partial charge is 0.497 e. The number of nitrogens with one attached hydrogen (secondary N) is 1. The van der Waals surface area contributed by atoms with Crippen molar-refractivity contribution in [1.82, 2.24) is 10.2 Å². The molecule has 1 atom stereocenters. The van der Waals surface area contributed by atoms with E-state index in [4.69, 9.17) is 4.74 Å². The zero-order chi connectivity index (χ0) is 22.9. The van der Waals surface area contributed by atoms with E-state index in [0.717, 1.165) is 26.9 Å². The van der Waals surface area contributed by atoms with Crippen LogP contribution in [0.4, 0.5) is 0 Å². The van der Waals surface area contributed by atoms with Gasteiger partial charge >= 0.3 is 0 Å². The van der Waals surface area contributed by atoms with Crippen LogP contribution in [0.5, 0.6) is 5.75 Å². The molecular formula is C26H27BrN2O3. The van der Waals surface area contributed by atoms with Crippen LogP contribution in [0.15, 0.2) is 83.3 Å². The second-order valence-corrected chi connectivity index (χ2v) is 8.41. The summed E-state index contributed by atoms with van der Waals surface area (Å²) < 4.78 is 6.17. The Morgan fingerprint density at radius 1 is 0.906 bits per heavy atom. The number of hydrogen-bond acceptors (Lipinski definition) is 3. The molecule has 0 bridgehead atoms. The van der Waals surface area contributed by atoms with Crippen LogP contribution in [0.3, 0.4) is 0 Å². The molecule has 0 saturated carbocycles. The molecule has 0 radical (unpaired) electrons. The van der Waals surface area contributed by atoms with Crippen molar-refractivity contribution in [3.63, 3.8) is 0 Å². The van der Waals surface area contributed by atoms with Crippen LogP contribution < -0.4 is 10.1 Å². The topological polar surface area (TPSA) is 58.6 Å². The molecular weight excluding hydrogens is 468 g/mol. The van der Waals surface area contributed by atoms with Gasteiger partial charge in [0.1, 0.15) is 11.8 Å². The van der Waals surface area contributed by atoms with Crippen LogP contribution in [0.25, 0.3) is 0 Å². The molecule has 0 aliphatic heterocycles. The summed E-state index contributed by atoms with van der Waals surface area (Å²) >= 11 is 3.45. The first kappa shape index (κ1) is 23.5. The molecule has 0 spiro atoms. The van der Waals surface area contributed by atoms with E-state index in [-0.39, 0.29) is 18.2 Å². The lowest BCUT2D eigenvalue weighted by Crippen LogP contribution is -2.50. The third-order valence-corrected chi connectivity index (χ3v) is 5.83. The lowest BCUT2D eigenvalue weighted by atomic mass is 10.0. The Hall–Kier alpha value is -3.12. The first-order chi connectivity index (χ1) is 15.5. The highest BCUT2D eigenvalue weighted by molar-refractivity contribution is 9.10. The number of benzene rings is 3. The fourth-order valence-corrected chi connectivity index (χ4v) is 3.79. The van der Waals surface area contributed by atoms with E-state index in [1.165, 1.54) is 0 Å². The van der Waals surface area contributed by atoms with Crippen molar-refractivity contribution in [1.29, 1.82) is 0 Å². The minimum atomic E-state index is -0.628. The van der Waals surface area contributed by atoms with Crippen molar-refractivity contribution in [2.45, 2.75) is 25.4 Å². The molecule has 32 heavy (non-hydrogen) atoms. The molecule has 0 saturated heterocycles. The predicted molar refractivity (Wildman–Crippen MR) is 129 cm³/mol. The van der Waals surface area contributed by atoms with E-state index in [1.807, 2.05) is 78.9 Å². The monoisotopic (exact) mass is 494 g/mol. The number of rotatable bonds is 9. The summed E-state index contributed by atoms with van der Waals surface area (Å²) in [6.45, 7) is 0.340. The van der Waals surface area contributed by atoms with E-state index in [0.29, 0.717) is 13.0 Å². The molecule has 3 rings (SSSR count). The smallest absolute Gasteiger partial charge is 0.242 e. The third kappa shape index (κ3) is 6.44. The lowest BCUT2D eigenvalue weighted by Gasteiger charge is -2.31. The normalized spacial score (nSPS) is 11.5. The summed E-state index contributed by atoms with van der Waals surface area (Å²) in [5.41, 5.74) is 2.82. The predicted octanol–water partition coefficient (Wildman–Crippen LogP) is 4.39. The Morgan fingerprint density at radius 2 is 1.53 bits per heavy atom. The first-order valence-corrected chi connectivity index (χ1v) is 11.2.